The van der Waals surface area contributed by atoms with Gasteiger partial charge in [0.15, 0.2) is 0 Å². The van der Waals surface area contributed by atoms with E-state index in [1.54, 1.807) is 12.3 Å². The fraction of sp³-hybridized carbons (Fsp3) is 0.545. The van der Waals surface area contributed by atoms with Crippen LogP contribution in [0.4, 0.5) is 0 Å². The van der Waals surface area contributed by atoms with E-state index in [1.807, 2.05) is 0 Å². The molecule has 4 heteroatoms. The Morgan fingerprint density at radius 2 is 2.00 bits per heavy atom. The third kappa shape index (κ3) is 1.25. The Balaban J connectivity index is 2.00. The second-order valence-corrected chi connectivity index (χ2v) is 5.40. The lowest BCUT2D eigenvalue weighted by atomic mass is 10.0. The van der Waals surface area contributed by atoms with Crippen molar-refractivity contribution in [3.8, 4) is 0 Å². The summed E-state index contributed by atoms with van der Waals surface area (Å²) in [7, 11) is 0. The minimum absolute atomic E-state index is 0.264. The summed E-state index contributed by atoms with van der Waals surface area (Å²) >= 11 is 12.0. The van der Waals surface area contributed by atoms with Gasteiger partial charge in [-0.3, -0.25) is 4.98 Å². The molecule has 0 amide bonds. The lowest BCUT2D eigenvalue weighted by Crippen LogP contribution is -2.27. The molecule has 2 fully saturated rings. The monoisotopic (exact) mass is 242 g/mol. The number of nitrogens with two attached hydrogens (primary N) is 1. The summed E-state index contributed by atoms with van der Waals surface area (Å²) in [4.78, 5) is 4.31. The molecule has 0 radical (unpaired) electrons. The summed E-state index contributed by atoms with van der Waals surface area (Å²) in [5.41, 5.74) is 6.95. The average Bonchev–Trinajstić information content (AvgIpc) is 2.63. The molecule has 0 saturated heterocycles. The van der Waals surface area contributed by atoms with E-state index in [-0.39, 0.29) is 5.54 Å². The van der Waals surface area contributed by atoms with Crippen LogP contribution in [-0.2, 0) is 5.54 Å². The van der Waals surface area contributed by atoms with Crippen molar-refractivity contribution >= 4 is 23.2 Å². The largest absolute Gasteiger partial charge is 0.320 e. The minimum atomic E-state index is -0.264. The van der Waals surface area contributed by atoms with Gasteiger partial charge in [0.1, 0.15) is 0 Å². The van der Waals surface area contributed by atoms with Crippen LogP contribution < -0.4 is 5.73 Å². The van der Waals surface area contributed by atoms with Gasteiger partial charge in [-0.2, -0.15) is 0 Å². The Bertz CT molecular complexity index is 409. The predicted molar refractivity (Wildman–Crippen MR) is 61.0 cm³/mol. The molecule has 0 aliphatic heterocycles. The van der Waals surface area contributed by atoms with Crippen LogP contribution >= 0.6 is 23.2 Å². The van der Waals surface area contributed by atoms with Gasteiger partial charge in [0, 0.05) is 6.20 Å². The van der Waals surface area contributed by atoms with Crippen LogP contribution in [-0.4, -0.2) is 4.98 Å². The third-order valence-corrected chi connectivity index (χ3v) is 4.35. The summed E-state index contributed by atoms with van der Waals surface area (Å²) in [5, 5.41) is 1.18. The van der Waals surface area contributed by atoms with Gasteiger partial charge >= 0.3 is 0 Å². The molecule has 2 aliphatic rings. The summed E-state index contributed by atoms with van der Waals surface area (Å²) in [5.74, 6) is 1.17. The van der Waals surface area contributed by atoms with Gasteiger partial charge in [-0.1, -0.05) is 29.6 Å². The highest BCUT2D eigenvalue weighted by Crippen LogP contribution is 2.64. The fourth-order valence-electron chi connectivity index (χ4n) is 3.09. The van der Waals surface area contributed by atoms with E-state index in [2.05, 4.69) is 4.98 Å². The molecule has 2 unspecified atom stereocenters. The first-order valence-electron chi connectivity index (χ1n) is 5.24. The Kier molecular flexibility index (Phi) is 2.04. The first-order chi connectivity index (χ1) is 7.14. The summed E-state index contributed by atoms with van der Waals surface area (Å²) in [6.45, 7) is 0. The van der Waals surface area contributed by atoms with Gasteiger partial charge in [0.2, 0.25) is 0 Å². The van der Waals surface area contributed by atoms with Crippen molar-refractivity contribution in [3.63, 3.8) is 0 Å². The molecule has 2 nitrogen and oxygen atoms in total. The molecule has 2 aliphatic carbocycles. The van der Waals surface area contributed by atoms with Crippen LogP contribution in [0, 0.1) is 11.8 Å². The molecule has 0 spiro atoms. The number of pyridine rings is 1. The first kappa shape index (κ1) is 9.88. The molecule has 2 saturated carbocycles. The maximum absolute atomic E-state index is 6.38. The zero-order chi connectivity index (χ0) is 10.6. The number of hydrogen-bond donors (Lipinski definition) is 1. The lowest BCUT2D eigenvalue weighted by molar-refractivity contribution is 0.514. The molecule has 0 aromatic carbocycles. The number of aromatic nitrogens is 1. The number of rotatable bonds is 1. The first-order valence-corrected chi connectivity index (χ1v) is 6.00. The zero-order valence-corrected chi connectivity index (χ0v) is 9.72. The van der Waals surface area contributed by atoms with E-state index >= 15 is 0 Å². The Morgan fingerprint density at radius 1 is 1.33 bits per heavy atom. The van der Waals surface area contributed by atoms with E-state index in [0.29, 0.717) is 21.9 Å². The van der Waals surface area contributed by atoms with E-state index in [4.69, 9.17) is 28.9 Å². The van der Waals surface area contributed by atoms with E-state index in [0.717, 1.165) is 5.69 Å². The molecule has 0 bridgehead atoms. The standard InChI is InChI=1S/C11H12Cl2N2/c12-6-4-9(13)10(15-5-6)11(14)7-2-1-3-8(7)11/h4-5,7-8H,1-3,14H2. The topological polar surface area (TPSA) is 38.9 Å². The Labute approximate surface area is 98.8 Å². The molecule has 2 N–H and O–H groups in total. The fourth-order valence-corrected chi connectivity index (χ4v) is 3.63. The zero-order valence-electron chi connectivity index (χ0n) is 8.21. The quantitative estimate of drug-likeness (QED) is 0.823. The maximum Gasteiger partial charge on any atom is 0.0795 e. The molecular formula is C11H12Cl2N2. The molecule has 3 rings (SSSR count). The van der Waals surface area contributed by atoms with Crippen LogP contribution in [0.1, 0.15) is 25.0 Å². The van der Waals surface area contributed by atoms with Crippen molar-refractivity contribution in [2.45, 2.75) is 24.8 Å². The molecule has 15 heavy (non-hydrogen) atoms. The number of hydrogen-bond acceptors (Lipinski definition) is 2. The molecular weight excluding hydrogens is 231 g/mol. The summed E-state index contributed by atoms with van der Waals surface area (Å²) < 4.78 is 0. The lowest BCUT2D eigenvalue weighted by Gasteiger charge is -2.16. The van der Waals surface area contributed by atoms with Crippen LogP contribution in [0.2, 0.25) is 10.0 Å². The summed E-state index contributed by atoms with van der Waals surface area (Å²) in [6, 6.07) is 1.73. The van der Waals surface area contributed by atoms with Gasteiger partial charge < -0.3 is 5.73 Å². The van der Waals surface area contributed by atoms with Crippen molar-refractivity contribution in [3.05, 3.63) is 28.0 Å². The predicted octanol–water partition coefficient (Wildman–Crippen LogP) is 2.97. The van der Waals surface area contributed by atoms with E-state index < -0.39 is 0 Å². The van der Waals surface area contributed by atoms with Gasteiger partial charge in [0.25, 0.3) is 0 Å². The molecule has 2 atom stereocenters. The Hall–Kier alpha value is -0.310. The number of nitrogens with zero attached hydrogens (tertiary/aromatic N) is 1. The number of halogens is 2. The normalized spacial score (nSPS) is 37.8. The van der Waals surface area contributed by atoms with Crippen molar-refractivity contribution in [1.82, 2.24) is 4.98 Å². The Morgan fingerprint density at radius 3 is 2.60 bits per heavy atom. The molecule has 80 valence electrons. The molecule has 1 heterocycles. The van der Waals surface area contributed by atoms with Crippen molar-refractivity contribution in [2.75, 3.05) is 0 Å². The second-order valence-electron chi connectivity index (χ2n) is 4.56. The second kappa shape index (κ2) is 3.09. The van der Waals surface area contributed by atoms with Crippen molar-refractivity contribution < 1.29 is 0 Å². The third-order valence-electron chi connectivity index (χ3n) is 3.85. The van der Waals surface area contributed by atoms with Crippen LogP contribution in [0.3, 0.4) is 0 Å². The van der Waals surface area contributed by atoms with E-state index in [9.17, 15) is 0 Å². The van der Waals surface area contributed by atoms with Crippen LogP contribution in [0.15, 0.2) is 12.3 Å². The highest BCUT2D eigenvalue weighted by atomic mass is 35.5. The average molecular weight is 243 g/mol. The maximum atomic E-state index is 6.38. The van der Waals surface area contributed by atoms with Crippen LogP contribution in [0.25, 0.3) is 0 Å². The van der Waals surface area contributed by atoms with Crippen molar-refractivity contribution in [2.24, 2.45) is 17.6 Å². The summed E-state index contributed by atoms with van der Waals surface area (Å²) in [6.07, 6.45) is 5.34. The van der Waals surface area contributed by atoms with Gasteiger partial charge in [-0.05, 0) is 30.7 Å². The van der Waals surface area contributed by atoms with E-state index in [1.165, 1.54) is 19.3 Å². The highest BCUT2D eigenvalue weighted by Gasteiger charge is 2.66. The number of fused-ring (bicyclic) bond motifs is 1. The van der Waals surface area contributed by atoms with Gasteiger partial charge in [0.05, 0.1) is 21.3 Å². The van der Waals surface area contributed by atoms with Crippen molar-refractivity contribution in [1.29, 1.82) is 0 Å². The minimum Gasteiger partial charge on any atom is -0.320 e. The molecule has 1 aromatic heterocycles. The molecule has 1 aromatic rings. The smallest absolute Gasteiger partial charge is 0.0795 e. The van der Waals surface area contributed by atoms with Crippen LogP contribution in [0.5, 0.6) is 0 Å². The van der Waals surface area contributed by atoms with Gasteiger partial charge in [-0.15, -0.1) is 0 Å². The highest BCUT2D eigenvalue weighted by molar-refractivity contribution is 6.34. The SMILES string of the molecule is NC1(c2ncc(Cl)cc2Cl)C2CCCC21. The van der Waals surface area contributed by atoms with Gasteiger partial charge in [-0.25, -0.2) is 0 Å².